The third-order valence-corrected chi connectivity index (χ3v) is 9.62. The molecule has 2 aromatic carbocycles. The lowest BCUT2D eigenvalue weighted by atomic mass is 9.99. The number of carbonyl (C=O) groups is 1. The summed E-state index contributed by atoms with van der Waals surface area (Å²) in [5.41, 5.74) is 9.11. The topological polar surface area (TPSA) is 83.7 Å². The highest BCUT2D eigenvalue weighted by Crippen LogP contribution is 2.44. The smallest absolute Gasteiger partial charge is 0.416 e. The molecule has 11 heteroatoms. The number of halogens is 3. The molecule has 240 valence electrons. The van der Waals surface area contributed by atoms with Gasteiger partial charge in [0.1, 0.15) is 27.5 Å². The Morgan fingerprint density at radius 3 is 2.61 bits per heavy atom. The lowest BCUT2D eigenvalue weighted by Crippen LogP contribution is -2.36. The number of nitrogens with two attached hydrogens (primary N) is 1. The van der Waals surface area contributed by atoms with Gasteiger partial charge in [-0.15, -0.1) is 11.3 Å². The van der Waals surface area contributed by atoms with E-state index in [0.717, 1.165) is 84.4 Å². The average molecular weight is 648 g/mol. The van der Waals surface area contributed by atoms with Gasteiger partial charge in [0.15, 0.2) is 0 Å². The van der Waals surface area contributed by atoms with Crippen molar-refractivity contribution >= 4 is 33.8 Å². The first-order chi connectivity index (χ1) is 22.1. The summed E-state index contributed by atoms with van der Waals surface area (Å²) in [6.07, 6.45) is 4.10. The van der Waals surface area contributed by atoms with Gasteiger partial charge in [0.2, 0.25) is 0 Å². The molecule has 1 unspecified atom stereocenters. The molecule has 1 saturated heterocycles. The Kier molecular flexibility index (Phi) is 9.06. The number of pyridine rings is 1. The number of nitrogens with zero attached hydrogens (tertiary/aromatic N) is 3. The second-order valence-electron chi connectivity index (χ2n) is 11.8. The summed E-state index contributed by atoms with van der Waals surface area (Å²) in [6.45, 7) is 3.66. The highest BCUT2D eigenvalue weighted by Gasteiger charge is 2.35. The Morgan fingerprint density at radius 1 is 1.09 bits per heavy atom. The van der Waals surface area contributed by atoms with Crippen molar-refractivity contribution in [2.75, 3.05) is 30.4 Å². The van der Waals surface area contributed by atoms with Crippen LogP contribution < -0.4 is 20.7 Å². The third kappa shape index (κ3) is 6.90. The zero-order valence-corrected chi connectivity index (χ0v) is 26.5. The number of primary amides is 1. The van der Waals surface area contributed by atoms with E-state index in [4.69, 9.17) is 10.5 Å². The fourth-order valence-corrected chi connectivity index (χ4v) is 6.99. The molecule has 2 aliphatic rings. The molecule has 1 fully saturated rings. The van der Waals surface area contributed by atoms with Crippen LogP contribution in [-0.4, -0.2) is 42.0 Å². The molecular formula is C35H36F3N5O2S. The summed E-state index contributed by atoms with van der Waals surface area (Å²) in [5, 5.41) is 4.27. The number of alkyl halides is 3. The van der Waals surface area contributed by atoms with Crippen LogP contribution in [-0.2, 0) is 12.6 Å². The Balaban J connectivity index is 1.27. The van der Waals surface area contributed by atoms with Crippen molar-refractivity contribution in [2.24, 2.45) is 5.73 Å². The van der Waals surface area contributed by atoms with Crippen molar-refractivity contribution in [1.82, 2.24) is 9.88 Å². The molecular weight excluding hydrogens is 611 g/mol. The van der Waals surface area contributed by atoms with E-state index in [1.165, 1.54) is 25.1 Å². The summed E-state index contributed by atoms with van der Waals surface area (Å²) >= 11 is 1.15. The molecule has 1 amide bonds. The number of benzene rings is 2. The minimum absolute atomic E-state index is 0.0217. The number of allylic oxidation sites excluding steroid dienone is 1. The summed E-state index contributed by atoms with van der Waals surface area (Å²) in [7, 11) is 2.15. The van der Waals surface area contributed by atoms with Gasteiger partial charge < -0.3 is 25.6 Å². The number of nitrogens with one attached hydrogen (secondary N) is 1. The van der Waals surface area contributed by atoms with Crippen LogP contribution in [0.3, 0.4) is 0 Å². The number of anilines is 3. The first-order valence-corrected chi connectivity index (χ1v) is 16.1. The van der Waals surface area contributed by atoms with Crippen LogP contribution in [0.2, 0.25) is 0 Å². The predicted octanol–water partition coefficient (Wildman–Crippen LogP) is 8.17. The number of amides is 1. The molecule has 3 N–H and O–H groups in total. The second kappa shape index (κ2) is 13.2. The minimum Gasteiger partial charge on any atom is -0.484 e. The number of hydrogen-bond donors (Lipinski definition) is 2. The standard InChI is InChI=1S/C35H36F3N5O2S/c1-22(27-8-3-4-9-28(27)35(36,37)38)45-30-21-32(46-33(30)34(39)44)43-16-6-5-7-25-19-23(10-11-29(25)43)24-12-15-40-31(20-24)41-26-13-17-42(2)18-14-26/h3-4,6,8-12,15-16,19-22,26H,5,7,13-14,17-18H2,1-2H3,(H2,39,44)(H,40,41). The molecule has 46 heavy (non-hydrogen) atoms. The predicted molar refractivity (Wildman–Crippen MR) is 177 cm³/mol. The lowest BCUT2D eigenvalue weighted by molar-refractivity contribution is -0.139. The fraction of sp³-hybridized carbons (Fsp3) is 0.314. The maximum atomic E-state index is 13.7. The van der Waals surface area contributed by atoms with E-state index in [1.807, 2.05) is 23.4 Å². The van der Waals surface area contributed by atoms with Gasteiger partial charge in [-0.25, -0.2) is 4.98 Å². The average Bonchev–Trinajstić information content (AvgIpc) is 3.33. The molecule has 2 aromatic heterocycles. The number of thiophene rings is 1. The van der Waals surface area contributed by atoms with Gasteiger partial charge in [0, 0.05) is 35.8 Å². The summed E-state index contributed by atoms with van der Waals surface area (Å²) in [5.74, 6) is 0.302. The molecule has 7 nitrogen and oxygen atoms in total. The Labute approximate surface area is 270 Å². The quantitative estimate of drug-likeness (QED) is 0.201. The zero-order valence-electron chi connectivity index (χ0n) is 25.7. The van der Waals surface area contributed by atoms with Crippen LogP contribution in [0, 0.1) is 0 Å². The molecule has 0 aliphatic carbocycles. The SMILES string of the molecule is CC(Oc1cc(N2C=CCCc3cc(-c4ccnc(NC5CCN(C)CC5)c4)ccc32)sc1C(N)=O)c1ccccc1C(F)(F)F. The minimum atomic E-state index is -4.54. The van der Waals surface area contributed by atoms with Crippen molar-refractivity contribution < 1.29 is 22.7 Å². The van der Waals surface area contributed by atoms with Crippen LogP contribution >= 0.6 is 11.3 Å². The number of carbonyl (C=O) groups excluding carboxylic acids is 1. The van der Waals surface area contributed by atoms with Crippen molar-refractivity contribution in [2.45, 2.75) is 50.9 Å². The fourth-order valence-electron chi connectivity index (χ4n) is 6.05. The molecule has 0 saturated carbocycles. The largest absolute Gasteiger partial charge is 0.484 e. The number of hydrogen-bond acceptors (Lipinski definition) is 7. The maximum absolute atomic E-state index is 13.7. The number of piperidine rings is 1. The molecule has 6 rings (SSSR count). The lowest BCUT2D eigenvalue weighted by Gasteiger charge is -2.29. The van der Waals surface area contributed by atoms with Gasteiger partial charge in [-0.2, -0.15) is 13.2 Å². The van der Waals surface area contributed by atoms with Crippen LogP contribution in [0.4, 0.5) is 29.7 Å². The number of fused-ring (bicyclic) bond motifs is 1. The van der Waals surface area contributed by atoms with E-state index in [0.29, 0.717) is 11.0 Å². The first kappa shape index (κ1) is 31.6. The van der Waals surface area contributed by atoms with E-state index >= 15 is 0 Å². The maximum Gasteiger partial charge on any atom is 0.416 e. The molecule has 1 atom stereocenters. The van der Waals surface area contributed by atoms with Crippen LogP contribution in [0.25, 0.3) is 11.1 Å². The monoisotopic (exact) mass is 647 g/mol. The molecule has 4 aromatic rings. The van der Waals surface area contributed by atoms with E-state index < -0.39 is 23.8 Å². The highest BCUT2D eigenvalue weighted by molar-refractivity contribution is 7.18. The van der Waals surface area contributed by atoms with Gasteiger partial charge in [-0.1, -0.05) is 30.3 Å². The number of aromatic nitrogens is 1. The third-order valence-electron chi connectivity index (χ3n) is 8.49. The van der Waals surface area contributed by atoms with E-state index in [1.54, 1.807) is 6.07 Å². The molecule has 0 bridgehead atoms. The van der Waals surface area contributed by atoms with Crippen molar-refractivity contribution in [3.8, 4) is 16.9 Å². The van der Waals surface area contributed by atoms with E-state index in [-0.39, 0.29) is 16.2 Å². The number of likely N-dealkylation sites (tertiary alicyclic amines) is 1. The van der Waals surface area contributed by atoms with Gasteiger partial charge in [-0.3, -0.25) is 4.79 Å². The first-order valence-electron chi connectivity index (χ1n) is 15.3. The normalized spacial score (nSPS) is 16.5. The summed E-state index contributed by atoms with van der Waals surface area (Å²) < 4.78 is 47.1. The Morgan fingerprint density at radius 2 is 1.85 bits per heavy atom. The van der Waals surface area contributed by atoms with Gasteiger partial charge in [0.25, 0.3) is 5.91 Å². The number of aryl methyl sites for hydroxylation is 1. The molecule has 0 radical (unpaired) electrons. The highest BCUT2D eigenvalue weighted by atomic mass is 32.1. The van der Waals surface area contributed by atoms with Crippen LogP contribution in [0.15, 0.2) is 79.1 Å². The molecule has 4 heterocycles. The summed E-state index contributed by atoms with van der Waals surface area (Å²) in [6, 6.07) is 17.7. The number of ether oxygens (including phenoxy) is 1. The molecule has 2 aliphatic heterocycles. The van der Waals surface area contributed by atoms with Crippen molar-refractivity contribution in [3.63, 3.8) is 0 Å². The molecule has 0 spiro atoms. The van der Waals surface area contributed by atoms with Crippen LogP contribution in [0.5, 0.6) is 5.75 Å². The zero-order chi connectivity index (χ0) is 32.4. The Hall–Kier alpha value is -4.35. The Bertz CT molecular complexity index is 1750. The van der Waals surface area contributed by atoms with Crippen molar-refractivity contribution in [1.29, 1.82) is 0 Å². The van der Waals surface area contributed by atoms with E-state index in [2.05, 4.69) is 52.6 Å². The van der Waals surface area contributed by atoms with Crippen LogP contribution in [0.1, 0.15) is 58.7 Å². The van der Waals surface area contributed by atoms with Gasteiger partial charge in [0.05, 0.1) is 5.56 Å². The van der Waals surface area contributed by atoms with Gasteiger partial charge in [-0.05, 0) is 99.8 Å². The van der Waals surface area contributed by atoms with Crippen molar-refractivity contribution in [3.05, 3.63) is 101 Å². The van der Waals surface area contributed by atoms with E-state index in [9.17, 15) is 18.0 Å². The van der Waals surface area contributed by atoms with Gasteiger partial charge >= 0.3 is 6.18 Å². The second-order valence-corrected chi connectivity index (χ2v) is 12.8. The summed E-state index contributed by atoms with van der Waals surface area (Å²) in [4.78, 5) is 21.5. The number of rotatable bonds is 8.